The van der Waals surface area contributed by atoms with E-state index in [1.165, 1.54) is 59.8 Å². The Hall–Kier alpha value is -3.80. The van der Waals surface area contributed by atoms with E-state index in [1.807, 2.05) is 12.3 Å². The molecule has 2 aliphatic rings. The summed E-state index contributed by atoms with van der Waals surface area (Å²) in [4.78, 5) is 6.57. The van der Waals surface area contributed by atoms with E-state index in [1.54, 1.807) is 12.4 Å². The van der Waals surface area contributed by atoms with E-state index in [9.17, 15) is 0 Å². The highest BCUT2D eigenvalue weighted by atomic mass is 35.5. The molecule has 0 atom stereocenters. The molecule has 5 rings (SSSR count). The first-order valence-electron chi connectivity index (χ1n) is 14.1. The Morgan fingerprint density at radius 2 is 1.77 bits per heavy atom. The van der Waals surface area contributed by atoms with Crippen molar-refractivity contribution in [1.29, 1.82) is 0 Å². The molecule has 3 aromatic rings. The second-order valence-electron chi connectivity index (χ2n) is 10.5. The average molecular weight is 552 g/mol. The summed E-state index contributed by atoms with van der Waals surface area (Å²) in [6.45, 7) is 4.93. The zero-order valence-corrected chi connectivity index (χ0v) is 23.8. The van der Waals surface area contributed by atoms with Crippen LogP contribution in [0.4, 0.5) is 11.4 Å². The molecule has 0 saturated heterocycles. The van der Waals surface area contributed by atoms with Gasteiger partial charge >= 0.3 is 0 Å². The van der Waals surface area contributed by atoms with E-state index in [2.05, 4.69) is 70.5 Å². The number of halogens is 1. The van der Waals surface area contributed by atoms with E-state index in [-0.39, 0.29) is 0 Å². The van der Waals surface area contributed by atoms with Crippen LogP contribution in [-0.2, 0) is 38.6 Å². The minimum Gasteiger partial charge on any atom is -0.403 e. The highest BCUT2D eigenvalue weighted by Crippen LogP contribution is 2.33. The van der Waals surface area contributed by atoms with Crippen LogP contribution in [0, 0.1) is 0 Å². The molecule has 0 unspecified atom stereocenters. The molecule has 40 heavy (non-hydrogen) atoms. The minimum atomic E-state index is 0.457. The summed E-state index contributed by atoms with van der Waals surface area (Å²) in [6, 6.07) is 13.2. The fourth-order valence-corrected chi connectivity index (χ4v) is 5.93. The molecule has 0 saturated carbocycles. The van der Waals surface area contributed by atoms with E-state index >= 15 is 0 Å². The van der Waals surface area contributed by atoms with Crippen LogP contribution in [0.15, 0.2) is 97.4 Å². The molecule has 2 aromatic carbocycles. The van der Waals surface area contributed by atoms with E-state index < -0.39 is 0 Å². The predicted molar refractivity (Wildman–Crippen MR) is 168 cm³/mol. The molecule has 0 bridgehead atoms. The van der Waals surface area contributed by atoms with Crippen LogP contribution in [0.3, 0.4) is 0 Å². The van der Waals surface area contributed by atoms with Gasteiger partial charge in [0.1, 0.15) is 0 Å². The lowest BCUT2D eigenvalue weighted by atomic mass is 9.91. The van der Waals surface area contributed by atoms with E-state index in [0.29, 0.717) is 6.54 Å². The van der Waals surface area contributed by atoms with Crippen molar-refractivity contribution in [3.63, 3.8) is 0 Å². The van der Waals surface area contributed by atoms with Crippen molar-refractivity contribution in [2.45, 2.75) is 57.9 Å². The van der Waals surface area contributed by atoms with Crippen LogP contribution in [0.5, 0.6) is 0 Å². The molecule has 6 heteroatoms. The summed E-state index contributed by atoms with van der Waals surface area (Å²) in [6.07, 6.45) is 21.6. The second-order valence-corrected chi connectivity index (χ2v) is 10.9. The fourth-order valence-electron chi connectivity index (χ4n) is 5.65. The van der Waals surface area contributed by atoms with Crippen LogP contribution in [0.1, 0.15) is 52.6 Å². The lowest BCUT2D eigenvalue weighted by Gasteiger charge is -2.29. The Balaban J connectivity index is 1.27. The number of rotatable bonds is 10. The Morgan fingerprint density at radius 3 is 2.60 bits per heavy atom. The smallest absolute Gasteiger partial charge is 0.0569 e. The number of aryl methyl sites for hydroxylation is 5. The number of benzene rings is 2. The van der Waals surface area contributed by atoms with E-state index in [4.69, 9.17) is 23.1 Å². The van der Waals surface area contributed by atoms with Crippen LogP contribution < -0.4 is 21.7 Å². The molecule has 1 aliphatic carbocycles. The van der Waals surface area contributed by atoms with Gasteiger partial charge in [-0.25, -0.2) is 0 Å². The summed E-state index contributed by atoms with van der Waals surface area (Å²) in [7, 11) is 0. The van der Waals surface area contributed by atoms with Gasteiger partial charge in [0.2, 0.25) is 0 Å². The first-order valence-corrected chi connectivity index (χ1v) is 14.5. The third kappa shape index (κ3) is 6.49. The molecule has 2 heterocycles. The number of hydrogen-bond acceptors (Lipinski definition) is 5. The Labute approximate surface area is 242 Å². The quantitative estimate of drug-likeness (QED) is 0.250. The standard InChI is InChI=1S/C34H38ClN5/c1-24-26(7-4-16-40(24)33-13-12-27-5-2-3-6-28(27)19-33)10-11-30-18-29(31(21-37)20-34(30)35)9-8-25-17-32(23-38-22-25)39-15-14-36/h4,7,12-20,22-23,39H,1-3,5-6,8-11,21,36-37H2/b15-14-. The molecule has 1 aliphatic heterocycles. The third-order valence-corrected chi connectivity index (χ3v) is 8.23. The molecule has 5 N–H and O–H groups in total. The number of nitrogens with two attached hydrogens (primary N) is 2. The molecule has 5 nitrogen and oxygen atoms in total. The van der Waals surface area contributed by atoms with Gasteiger partial charge in [-0.05, 0) is 121 Å². The van der Waals surface area contributed by atoms with Crippen molar-refractivity contribution < 1.29 is 0 Å². The van der Waals surface area contributed by atoms with Gasteiger partial charge in [0, 0.05) is 47.7 Å². The van der Waals surface area contributed by atoms with Crippen molar-refractivity contribution in [3.05, 3.63) is 136 Å². The van der Waals surface area contributed by atoms with Crippen molar-refractivity contribution in [3.8, 4) is 0 Å². The van der Waals surface area contributed by atoms with Crippen LogP contribution in [0.25, 0.3) is 0 Å². The normalized spacial score (nSPS) is 14.9. The third-order valence-electron chi connectivity index (χ3n) is 7.88. The number of hydrogen-bond donors (Lipinski definition) is 3. The number of fused-ring (bicyclic) bond motifs is 1. The number of anilines is 2. The second kappa shape index (κ2) is 13.0. The van der Waals surface area contributed by atoms with E-state index in [0.717, 1.165) is 58.8 Å². The molecular weight excluding hydrogens is 514 g/mol. The average Bonchev–Trinajstić information content (AvgIpc) is 2.99. The Morgan fingerprint density at radius 1 is 0.950 bits per heavy atom. The molecular formula is C34H38ClN5. The van der Waals surface area contributed by atoms with Gasteiger partial charge in [0.25, 0.3) is 0 Å². The Bertz CT molecular complexity index is 1470. The molecule has 0 spiro atoms. The van der Waals surface area contributed by atoms with Gasteiger partial charge in [-0.1, -0.05) is 36.4 Å². The highest BCUT2D eigenvalue weighted by molar-refractivity contribution is 6.31. The van der Waals surface area contributed by atoms with Gasteiger partial charge in [0.15, 0.2) is 0 Å². The number of pyridine rings is 1. The summed E-state index contributed by atoms with van der Waals surface area (Å²) in [5.41, 5.74) is 23.5. The first-order chi connectivity index (χ1) is 19.6. The number of aromatic nitrogens is 1. The molecule has 0 amide bonds. The highest BCUT2D eigenvalue weighted by Gasteiger charge is 2.18. The van der Waals surface area contributed by atoms with Gasteiger partial charge in [-0.15, -0.1) is 0 Å². The first kappa shape index (κ1) is 27.8. The minimum absolute atomic E-state index is 0.457. The Kier molecular flexibility index (Phi) is 9.04. The van der Waals surface area contributed by atoms with Crippen molar-refractivity contribution >= 4 is 23.0 Å². The topological polar surface area (TPSA) is 80.2 Å². The maximum atomic E-state index is 6.76. The van der Waals surface area contributed by atoms with Crippen molar-refractivity contribution in [2.75, 3.05) is 10.2 Å². The molecule has 206 valence electrons. The molecule has 1 aromatic heterocycles. The lowest BCUT2D eigenvalue weighted by molar-refractivity contribution is 0.685. The zero-order chi connectivity index (χ0) is 27.9. The van der Waals surface area contributed by atoms with Crippen LogP contribution in [-0.4, -0.2) is 4.98 Å². The van der Waals surface area contributed by atoms with Gasteiger partial charge < -0.3 is 21.7 Å². The van der Waals surface area contributed by atoms with Crippen molar-refractivity contribution in [2.24, 2.45) is 11.5 Å². The summed E-state index contributed by atoms with van der Waals surface area (Å²) in [5, 5.41) is 3.90. The number of allylic oxidation sites excluding steroid dienone is 3. The lowest BCUT2D eigenvalue weighted by Crippen LogP contribution is -2.19. The number of nitrogens with one attached hydrogen (secondary N) is 1. The largest absolute Gasteiger partial charge is 0.403 e. The van der Waals surface area contributed by atoms with Crippen molar-refractivity contribution in [1.82, 2.24) is 4.98 Å². The maximum Gasteiger partial charge on any atom is 0.0569 e. The zero-order valence-electron chi connectivity index (χ0n) is 23.0. The van der Waals surface area contributed by atoms with Gasteiger partial charge in [0.05, 0.1) is 11.9 Å². The summed E-state index contributed by atoms with van der Waals surface area (Å²) < 4.78 is 0. The number of nitrogens with zero attached hydrogens (tertiary/aromatic N) is 2. The SMILES string of the molecule is C=C1C(CCc2cc(CCc3cncc(N/C=C\N)c3)c(CN)cc2Cl)=CC=CN1c1ccc2c(c1)CCCC2. The maximum absolute atomic E-state index is 6.76. The van der Waals surface area contributed by atoms with Crippen LogP contribution >= 0.6 is 11.6 Å². The van der Waals surface area contributed by atoms with Gasteiger partial charge in [-0.2, -0.15) is 0 Å². The molecule has 0 radical (unpaired) electrons. The summed E-state index contributed by atoms with van der Waals surface area (Å²) >= 11 is 6.76. The molecule has 0 fully saturated rings. The van der Waals surface area contributed by atoms with Crippen LogP contribution in [0.2, 0.25) is 5.02 Å². The summed E-state index contributed by atoms with van der Waals surface area (Å²) in [5.74, 6) is 0. The predicted octanol–water partition coefficient (Wildman–Crippen LogP) is 7.11. The fraction of sp³-hybridized carbons (Fsp3) is 0.265. The van der Waals surface area contributed by atoms with Gasteiger partial charge in [-0.3, -0.25) is 4.98 Å². The monoisotopic (exact) mass is 551 g/mol.